The van der Waals surface area contributed by atoms with Gasteiger partial charge in [-0.15, -0.1) is 0 Å². The fraction of sp³-hybridized carbons (Fsp3) is 0.900. The molecule has 0 aliphatic rings. The van der Waals surface area contributed by atoms with E-state index < -0.39 is 24.6 Å². The van der Waals surface area contributed by atoms with Gasteiger partial charge in [0.15, 0.2) is 0 Å². The number of carboxylic acid groups (broad SMARTS) is 1. The molecule has 0 bridgehead atoms. The number of carboxylic acids is 1. The van der Waals surface area contributed by atoms with Gasteiger partial charge < -0.3 is 10.4 Å². The molecule has 1 atom stereocenters. The zero-order valence-electron chi connectivity index (χ0n) is 9.47. The van der Waals surface area contributed by atoms with Crippen molar-refractivity contribution < 1.29 is 23.1 Å². The van der Waals surface area contributed by atoms with E-state index in [0.29, 0.717) is 13.0 Å². The number of carbonyl (C=O) groups is 1. The van der Waals surface area contributed by atoms with Crippen LogP contribution >= 0.6 is 0 Å². The van der Waals surface area contributed by atoms with E-state index in [4.69, 9.17) is 5.11 Å². The maximum atomic E-state index is 11.8. The highest BCUT2D eigenvalue weighted by Crippen LogP contribution is 2.21. The highest BCUT2D eigenvalue weighted by molar-refractivity contribution is 5.73. The van der Waals surface area contributed by atoms with Crippen molar-refractivity contribution in [2.45, 2.75) is 45.3 Å². The summed E-state index contributed by atoms with van der Waals surface area (Å²) in [5.74, 6) is -1.05. The topological polar surface area (TPSA) is 49.3 Å². The number of aliphatic carboxylic acids is 1. The molecular weight excluding hydrogens is 223 g/mol. The molecule has 0 heterocycles. The number of halogens is 3. The second-order valence-corrected chi connectivity index (χ2v) is 4.09. The first kappa shape index (κ1) is 15.2. The Morgan fingerprint density at radius 1 is 1.31 bits per heavy atom. The fourth-order valence-electron chi connectivity index (χ4n) is 1.32. The third kappa shape index (κ3) is 7.50. The highest BCUT2D eigenvalue weighted by Gasteiger charge is 2.26. The zero-order chi connectivity index (χ0) is 12.8. The van der Waals surface area contributed by atoms with Gasteiger partial charge in [0.1, 0.15) is 6.04 Å². The molecule has 0 aromatic rings. The van der Waals surface area contributed by atoms with Crippen LogP contribution in [0.4, 0.5) is 13.2 Å². The van der Waals surface area contributed by atoms with Gasteiger partial charge in [-0.3, -0.25) is 4.79 Å². The second kappa shape index (κ2) is 6.73. The van der Waals surface area contributed by atoms with Crippen molar-refractivity contribution >= 4 is 5.97 Å². The molecular formula is C10H18F3NO2. The van der Waals surface area contributed by atoms with Gasteiger partial charge in [-0.2, -0.15) is 13.2 Å². The van der Waals surface area contributed by atoms with Crippen molar-refractivity contribution in [3.8, 4) is 0 Å². The van der Waals surface area contributed by atoms with E-state index in [1.807, 2.05) is 0 Å². The average Bonchev–Trinajstić information content (AvgIpc) is 2.07. The minimum Gasteiger partial charge on any atom is -0.480 e. The van der Waals surface area contributed by atoms with Crippen LogP contribution in [0, 0.1) is 5.92 Å². The molecule has 3 nitrogen and oxygen atoms in total. The second-order valence-electron chi connectivity index (χ2n) is 4.09. The van der Waals surface area contributed by atoms with E-state index >= 15 is 0 Å². The Balaban J connectivity index is 3.68. The van der Waals surface area contributed by atoms with Crippen LogP contribution in [0.15, 0.2) is 0 Å². The van der Waals surface area contributed by atoms with Crippen LogP contribution in [0.25, 0.3) is 0 Å². The van der Waals surface area contributed by atoms with Gasteiger partial charge in [-0.25, -0.2) is 0 Å². The van der Waals surface area contributed by atoms with E-state index in [0.717, 1.165) is 0 Å². The van der Waals surface area contributed by atoms with E-state index in [9.17, 15) is 18.0 Å². The van der Waals surface area contributed by atoms with Crippen LogP contribution in [0.1, 0.15) is 33.1 Å². The van der Waals surface area contributed by atoms with Crippen LogP contribution in [0.5, 0.6) is 0 Å². The summed E-state index contributed by atoms with van der Waals surface area (Å²) < 4.78 is 35.4. The maximum absolute atomic E-state index is 11.8. The Kier molecular flexibility index (Phi) is 6.40. The van der Waals surface area contributed by atoms with Crippen molar-refractivity contribution in [1.29, 1.82) is 0 Å². The Hall–Kier alpha value is -0.780. The van der Waals surface area contributed by atoms with Crippen molar-refractivity contribution in [2.75, 3.05) is 6.54 Å². The van der Waals surface area contributed by atoms with E-state index in [-0.39, 0.29) is 12.3 Å². The molecule has 0 amide bonds. The largest absolute Gasteiger partial charge is 0.480 e. The smallest absolute Gasteiger partial charge is 0.389 e. The van der Waals surface area contributed by atoms with Crippen molar-refractivity contribution in [3.05, 3.63) is 0 Å². The Morgan fingerprint density at radius 3 is 2.25 bits per heavy atom. The van der Waals surface area contributed by atoms with Gasteiger partial charge >= 0.3 is 12.1 Å². The van der Waals surface area contributed by atoms with Crippen LogP contribution in [-0.2, 0) is 4.79 Å². The maximum Gasteiger partial charge on any atom is 0.389 e. The molecule has 0 rings (SSSR count). The van der Waals surface area contributed by atoms with E-state index in [1.54, 1.807) is 13.8 Å². The summed E-state index contributed by atoms with van der Waals surface area (Å²) in [7, 11) is 0. The summed E-state index contributed by atoms with van der Waals surface area (Å²) in [5.41, 5.74) is 0. The lowest BCUT2D eigenvalue weighted by Gasteiger charge is -2.17. The molecule has 0 saturated carbocycles. The number of rotatable bonds is 7. The molecule has 0 spiro atoms. The molecule has 0 aliphatic heterocycles. The van der Waals surface area contributed by atoms with Gasteiger partial charge in [-0.1, -0.05) is 13.8 Å². The summed E-state index contributed by atoms with van der Waals surface area (Å²) in [4.78, 5) is 10.7. The predicted octanol–water partition coefficient (Wildman–Crippen LogP) is 2.42. The third-order valence-electron chi connectivity index (χ3n) is 2.18. The minimum absolute atomic E-state index is 0.0287. The molecule has 0 saturated heterocycles. The quantitative estimate of drug-likeness (QED) is 0.673. The molecule has 0 fully saturated rings. The molecule has 0 aliphatic carbocycles. The Morgan fingerprint density at radius 2 is 1.88 bits per heavy atom. The SMILES string of the molecule is CC(C)C(NCCCCC(F)(F)F)C(=O)O. The van der Waals surface area contributed by atoms with E-state index in [1.165, 1.54) is 0 Å². The van der Waals surface area contributed by atoms with Crippen molar-refractivity contribution in [3.63, 3.8) is 0 Å². The average molecular weight is 241 g/mol. The lowest BCUT2D eigenvalue weighted by atomic mass is 10.0. The van der Waals surface area contributed by atoms with Crippen LogP contribution < -0.4 is 5.32 Å². The first-order valence-corrected chi connectivity index (χ1v) is 5.27. The van der Waals surface area contributed by atoms with E-state index in [2.05, 4.69) is 5.32 Å². The monoisotopic (exact) mass is 241 g/mol. The molecule has 1 unspecified atom stereocenters. The predicted molar refractivity (Wildman–Crippen MR) is 54.2 cm³/mol. The van der Waals surface area contributed by atoms with Gasteiger partial charge in [0.2, 0.25) is 0 Å². The van der Waals surface area contributed by atoms with Crippen molar-refractivity contribution in [2.24, 2.45) is 5.92 Å². The van der Waals surface area contributed by atoms with Gasteiger partial charge in [-0.05, 0) is 25.3 Å². The molecule has 0 aromatic heterocycles. The number of hydrogen-bond donors (Lipinski definition) is 2. The summed E-state index contributed by atoms with van der Waals surface area (Å²) >= 11 is 0. The highest BCUT2D eigenvalue weighted by atomic mass is 19.4. The van der Waals surface area contributed by atoms with Gasteiger partial charge in [0.05, 0.1) is 0 Å². The molecule has 6 heteroatoms. The first-order chi connectivity index (χ1) is 7.24. The van der Waals surface area contributed by atoms with Crippen LogP contribution in [0.3, 0.4) is 0 Å². The summed E-state index contributed by atoms with van der Waals surface area (Å²) in [6, 6.07) is -0.689. The molecule has 2 N–H and O–H groups in total. The summed E-state index contributed by atoms with van der Waals surface area (Å²) in [6.07, 6.45) is -4.57. The molecule has 96 valence electrons. The minimum atomic E-state index is -4.12. The lowest BCUT2D eigenvalue weighted by Crippen LogP contribution is -2.41. The standard InChI is InChI=1S/C10H18F3NO2/c1-7(2)8(9(15)16)14-6-4-3-5-10(11,12)13/h7-8,14H,3-6H2,1-2H3,(H,15,16). The molecule has 0 radical (unpaired) electrons. The Labute approximate surface area is 93.0 Å². The lowest BCUT2D eigenvalue weighted by molar-refractivity contribution is -0.141. The third-order valence-corrected chi connectivity index (χ3v) is 2.18. The summed E-state index contributed by atoms with van der Waals surface area (Å²) in [5, 5.41) is 11.5. The van der Waals surface area contributed by atoms with Crippen LogP contribution in [0.2, 0.25) is 0 Å². The molecule has 0 aromatic carbocycles. The number of nitrogens with one attached hydrogen (secondary N) is 1. The zero-order valence-corrected chi connectivity index (χ0v) is 9.47. The number of alkyl halides is 3. The van der Waals surface area contributed by atoms with Gasteiger partial charge in [0, 0.05) is 6.42 Å². The normalized spacial score (nSPS) is 14.1. The number of hydrogen-bond acceptors (Lipinski definition) is 2. The van der Waals surface area contributed by atoms with Crippen LogP contribution in [-0.4, -0.2) is 29.8 Å². The Bertz CT molecular complexity index is 217. The molecule has 16 heavy (non-hydrogen) atoms. The number of unbranched alkanes of at least 4 members (excludes halogenated alkanes) is 1. The first-order valence-electron chi connectivity index (χ1n) is 5.27. The fourth-order valence-corrected chi connectivity index (χ4v) is 1.32. The van der Waals surface area contributed by atoms with Gasteiger partial charge in [0.25, 0.3) is 0 Å². The summed E-state index contributed by atoms with van der Waals surface area (Å²) in [6.45, 7) is 3.80. The van der Waals surface area contributed by atoms with Crippen molar-refractivity contribution in [1.82, 2.24) is 5.32 Å².